The second kappa shape index (κ2) is 9.81. The molecule has 4 aliphatic rings. The smallest absolute Gasteiger partial charge is 0.412 e. The SMILES string of the molecule is CC1(C)C[C@H](OC(=O)Nc2ccccc2)C[C@@]2(C)[C@H]1CC[C@H]1C[C@H]3C[C@]12CC[C@]3(C)OC(=O)Nc1ccccc1. The number of hydrogen-bond acceptors (Lipinski definition) is 4. The molecule has 214 valence electrons. The fourth-order valence-electron chi connectivity index (χ4n) is 9.91. The van der Waals surface area contributed by atoms with Crippen molar-refractivity contribution in [1.82, 2.24) is 0 Å². The highest BCUT2D eigenvalue weighted by Gasteiger charge is 2.70. The van der Waals surface area contributed by atoms with Gasteiger partial charge >= 0.3 is 12.2 Å². The molecule has 0 aromatic heterocycles. The Labute approximate surface area is 238 Å². The number of hydrogen-bond donors (Lipinski definition) is 2. The number of fused-ring (bicyclic) bond motifs is 2. The van der Waals surface area contributed by atoms with Crippen LogP contribution in [0.15, 0.2) is 60.7 Å². The van der Waals surface area contributed by atoms with Crippen LogP contribution in [0.25, 0.3) is 0 Å². The first-order chi connectivity index (χ1) is 19.0. The second-order valence-electron chi connectivity index (χ2n) is 14.1. The first-order valence-corrected chi connectivity index (χ1v) is 15.1. The third kappa shape index (κ3) is 4.57. The van der Waals surface area contributed by atoms with Crippen LogP contribution in [0.2, 0.25) is 0 Å². The zero-order valence-electron chi connectivity index (χ0n) is 24.4. The molecule has 6 nitrogen and oxygen atoms in total. The molecule has 0 radical (unpaired) electrons. The maximum atomic E-state index is 12.9. The molecule has 6 heteroatoms. The van der Waals surface area contributed by atoms with Gasteiger partial charge in [-0.15, -0.1) is 0 Å². The molecule has 0 heterocycles. The van der Waals surface area contributed by atoms with Gasteiger partial charge in [0.05, 0.1) is 0 Å². The zero-order valence-corrected chi connectivity index (χ0v) is 24.4. The number of rotatable bonds is 4. The summed E-state index contributed by atoms with van der Waals surface area (Å²) in [5, 5.41) is 5.84. The molecule has 2 aromatic carbocycles. The average Bonchev–Trinajstić information content (AvgIpc) is 3.24. The van der Waals surface area contributed by atoms with E-state index in [2.05, 4.69) is 38.3 Å². The molecular weight excluding hydrogens is 500 g/mol. The highest BCUT2D eigenvalue weighted by atomic mass is 16.6. The van der Waals surface area contributed by atoms with Gasteiger partial charge in [-0.2, -0.15) is 0 Å². The number of amides is 2. The average molecular weight is 545 g/mol. The number of ether oxygens (including phenoxy) is 2. The van der Waals surface area contributed by atoms with Crippen LogP contribution in [0.4, 0.5) is 21.0 Å². The van der Waals surface area contributed by atoms with Gasteiger partial charge < -0.3 is 9.47 Å². The first kappa shape index (κ1) is 27.2. The minimum absolute atomic E-state index is 0.0672. The molecule has 6 rings (SSSR count). The lowest BCUT2D eigenvalue weighted by atomic mass is 9.39. The van der Waals surface area contributed by atoms with Crippen LogP contribution >= 0.6 is 0 Å². The van der Waals surface area contributed by atoms with Gasteiger partial charge in [-0.25, -0.2) is 9.59 Å². The Balaban J connectivity index is 1.19. The molecule has 2 N–H and O–H groups in total. The largest absolute Gasteiger partial charge is 0.446 e. The van der Waals surface area contributed by atoms with E-state index in [4.69, 9.17) is 9.47 Å². The van der Waals surface area contributed by atoms with Gasteiger partial charge in [0.1, 0.15) is 11.7 Å². The standard InChI is InChI=1S/C34H44N2O4/c1-31(2)21-27(39-29(37)35-25-11-7-5-8-12-25)22-32(3)28(31)16-15-23-19-24-20-34(23,32)18-17-33(24,4)40-30(38)36-26-13-9-6-10-14-26/h5-14,23-24,27-28H,15-22H2,1-4H3,(H,35,37)(H,36,38)/t23-,24-,27-,28-,32-,33-,34+/m0/s1. The van der Waals surface area contributed by atoms with Gasteiger partial charge in [0.2, 0.25) is 0 Å². The van der Waals surface area contributed by atoms with Crippen LogP contribution in [-0.2, 0) is 9.47 Å². The van der Waals surface area contributed by atoms with Crippen LogP contribution in [0.1, 0.15) is 79.1 Å². The van der Waals surface area contributed by atoms with Crippen molar-refractivity contribution in [3.8, 4) is 0 Å². The third-order valence-electron chi connectivity index (χ3n) is 11.6. The lowest BCUT2D eigenvalue weighted by Crippen LogP contribution is -2.61. The summed E-state index contributed by atoms with van der Waals surface area (Å²) in [6, 6.07) is 19.0. The Morgan fingerprint density at radius 1 is 0.750 bits per heavy atom. The molecule has 4 aliphatic carbocycles. The van der Waals surface area contributed by atoms with Crippen molar-refractivity contribution < 1.29 is 19.1 Å². The molecule has 0 saturated heterocycles. The summed E-state index contributed by atoms with van der Waals surface area (Å²) in [6.07, 6.45) is 7.53. The van der Waals surface area contributed by atoms with Crippen molar-refractivity contribution in [3.63, 3.8) is 0 Å². The molecule has 2 bridgehead atoms. The van der Waals surface area contributed by atoms with Crippen molar-refractivity contribution >= 4 is 23.6 Å². The van der Waals surface area contributed by atoms with E-state index in [0.29, 0.717) is 17.8 Å². The van der Waals surface area contributed by atoms with E-state index >= 15 is 0 Å². The summed E-state index contributed by atoms with van der Waals surface area (Å²) in [5.41, 5.74) is 1.38. The third-order valence-corrected chi connectivity index (χ3v) is 11.6. The summed E-state index contributed by atoms with van der Waals surface area (Å²) >= 11 is 0. The van der Waals surface area contributed by atoms with Gasteiger partial charge in [0, 0.05) is 11.4 Å². The van der Waals surface area contributed by atoms with Crippen LogP contribution in [0.5, 0.6) is 0 Å². The Hall–Kier alpha value is -3.02. The molecule has 0 aliphatic heterocycles. The Bertz CT molecular complexity index is 1250. The molecule has 4 fully saturated rings. The quantitative estimate of drug-likeness (QED) is 0.404. The lowest BCUT2D eigenvalue weighted by Gasteiger charge is -2.66. The molecular formula is C34H44N2O4. The maximum Gasteiger partial charge on any atom is 0.412 e. The van der Waals surface area contributed by atoms with Crippen LogP contribution in [-0.4, -0.2) is 23.9 Å². The number of anilines is 2. The van der Waals surface area contributed by atoms with Crippen LogP contribution < -0.4 is 10.6 Å². The molecule has 7 atom stereocenters. The first-order valence-electron chi connectivity index (χ1n) is 15.1. The van der Waals surface area contributed by atoms with E-state index in [9.17, 15) is 9.59 Å². The Morgan fingerprint density at radius 2 is 1.38 bits per heavy atom. The predicted molar refractivity (Wildman–Crippen MR) is 157 cm³/mol. The molecule has 0 unspecified atom stereocenters. The number of nitrogens with one attached hydrogen (secondary N) is 2. The lowest BCUT2D eigenvalue weighted by molar-refractivity contribution is -0.192. The zero-order chi connectivity index (χ0) is 28.2. The van der Waals surface area contributed by atoms with Gasteiger partial charge in [-0.05, 0) is 117 Å². The Morgan fingerprint density at radius 3 is 2.02 bits per heavy atom. The van der Waals surface area contributed by atoms with Crippen molar-refractivity contribution in [2.45, 2.75) is 90.8 Å². The molecule has 2 aromatic rings. The van der Waals surface area contributed by atoms with Gasteiger partial charge in [0.25, 0.3) is 0 Å². The topological polar surface area (TPSA) is 76.7 Å². The van der Waals surface area contributed by atoms with E-state index in [0.717, 1.165) is 49.9 Å². The summed E-state index contributed by atoms with van der Waals surface area (Å²) in [7, 11) is 0. The molecule has 40 heavy (non-hydrogen) atoms. The van der Waals surface area contributed by atoms with Crippen molar-refractivity contribution in [2.24, 2.45) is 34.0 Å². The van der Waals surface area contributed by atoms with E-state index < -0.39 is 5.60 Å². The van der Waals surface area contributed by atoms with Crippen molar-refractivity contribution in [1.29, 1.82) is 0 Å². The van der Waals surface area contributed by atoms with Crippen LogP contribution in [0, 0.1) is 34.0 Å². The van der Waals surface area contributed by atoms with E-state index in [-0.39, 0.29) is 34.5 Å². The number of para-hydroxylation sites is 2. The molecule has 2 amide bonds. The number of carbonyl (C=O) groups excluding carboxylic acids is 2. The van der Waals surface area contributed by atoms with Crippen LogP contribution in [0.3, 0.4) is 0 Å². The van der Waals surface area contributed by atoms with E-state index in [1.54, 1.807) is 0 Å². The van der Waals surface area contributed by atoms with Gasteiger partial charge in [0.15, 0.2) is 0 Å². The summed E-state index contributed by atoms with van der Waals surface area (Å²) in [6.45, 7) is 9.42. The highest BCUT2D eigenvalue weighted by molar-refractivity contribution is 5.85. The summed E-state index contributed by atoms with van der Waals surface area (Å²) in [5.74, 6) is 1.54. The normalized spacial score (nSPS) is 37.4. The van der Waals surface area contributed by atoms with Gasteiger partial charge in [-0.1, -0.05) is 57.2 Å². The second-order valence-corrected chi connectivity index (χ2v) is 14.1. The minimum atomic E-state index is -0.469. The molecule has 1 spiro atoms. The summed E-state index contributed by atoms with van der Waals surface area (Å²) < 4.78 is 12.4. The Kier molecular flexibility index (Phi) is 6.66. The van der Waals surface area contributed by atoms with E-state index in [1.165, 1.54) is 12.8 Å². The maximum absolute atomic E-state index is 12.9. The van der Waals surface area contributed by atoms with Crippen molar-refractivity contribution in [3.05, 3.63) is 60.7 Å². The number of benzene rings is 2. The highest BCUT2D eigenvalue weighted by Crippen LogP contribution is 2.75. The summed E-state index contributed by atoms with van der Waals surface area (Å²) in [4.78, 5) is 25.9. The fraction of sp³-hybridized carbons (Fsp3) is 0.588. The number of carbonyl (C=O) groups is 2. The van der Waals surface area contributed by atoms with Gasteiger partial charge in [-0.3, -0.25) is 10.6 Å². The monoisotopic (exact) mass is 544 g/mol. The van der Waals surface area contributed by atoms with E-state index in [1.807, 2.05) is 60.7 Å². The molecule has 4 saturated carbocycles. The minimum Gasteiger partial charge on any atom is -0.446 e. The predicted octanol–water partition coefficient (Wildman–Crippen LogP) is 8.65. The van der Waals surface area contributed by atoms with Crippen molar-refractivity contribution in [2.75, 3.05) is 10.6 Å². The fourth-order valence-corrected chi connectivity index (χ4v) is 9.91.